The number of benzene rings is 2. The summed E-state index contributed by atoms with van der Waals surface area (Å²) in [6.45, 7) is 5.20. The van der Waals surface area contributed by atoms with Crippen molar-refractivity contribution in [2.45, 2.75) is 20.3 Å². The molecule has 122 valence electrons. The molecule has 0 radical (unpaired) electrons. The van der Waals surface area contributed by atoms with Crippen molar-refractivity contribution in [2.24, 2.45) is 11.8 Å². The van der Waals surface area contributed by atoms with Crippen molar-refractivity contribution in [1.82, 2.24) is 0 Å². The molecule has 0 saturated heterocycles. The largest absolute Gasteiger partial charge is 0.493 e. The van der Waals surface area contributed by atoms with Gasteiger partial charge in [0.15, 0.2) is 5.78 Å². The van der Waals surface area contributed by atoms with Gasteiger partial charge in [-0.1, -0.05) is 66.8 Å². The van der Waals surface area contributed by atoms with Crippen LogP contribution in [-0.2, 0) is 0 Å². The lowest BCUT2D eigenvalue weighted by Gasteiger charge is -2.16. The zero-order chi connectivity index (χ0) is 16.7. The second-order valence-corrected chi connectivity index (χ2v) is 7.01. The summed E-state index contributed by atoms with van der Waals surface area (Å²) in [7, 11) is 0. The van der Waals surface area contributed by atoms with Gasteiger partial charge in [-0.05, 0) is 42.5 Å². The third-order valence-corrected chi connectivity index (χ3v) is 5.26. The number of hydrogen-bond acceptors (Lipinski definition) is 2. The lowest BCUT2D eigenvalue weighted by atomic mass is 10.00. The highest BCUT2D eigenvalue weighted by Gasteiger charge is 2.10. The topological polar surface area (TPSA) is 26.3 Å². The first-order valence-electron chi connectivity index (χ1n) is 7.98. The summed E-state index contributed by atoms with van der Waals surface area (Å²) in [6.07, 6.45) is 1.17. The van der Waals surface area contributed by atoms with Gasteiger partial charge in [0.25, 0.3) is 0 Å². The summed E-state index contributed by atoms with van der Waals surface area (Å²) in [6, 6.07) is 16.8. The number of halogens is 1. The molecule has 3 heteroatoms. The van der Waals surface area contributed by atoms with Gasteiger partial charge in [-0.3, -0.25) is 4.79 Å². The van der Waals surface area contributed by atoms with Crippen LogP contribution in [0.25, 0.3) is 0 Å². The molecule has 2 aromatic carbocycles. The lowest BCUT2D eigenvalue weighted by Crippen LogP contribution is -2.12. The molecular weight excluding hydrogens is 399 g/mol. The van der Waals surface area contributed by atoms with Crippen LogP contribution < -0.4 is 4.74 Å². The standard InChI is InChI=1S/C20H23IO2/c1-15(13-21)12-16(2)14-23-19-10-8-18(9-11-19)20(22)17-6-4-3-5-7-17/h3-11,15-16H,12-14H2,1-2H3. The van der Waals surface area contributed by atoms with Crippen LogP contribution in [0.2, 0.25) is 0 Å². The molecule has 0 N–H and O–H groups in total. The number of alkyl halides is 1. The average molecular weight is 422 g/mol. The van der Waals surface area contributed by atoms with Gasteiger partial charge in [0.1, 0.15) is 5.75 Å². The Kier molecular flexibility index (Phi) is 7.09. The van der Waals surface area contributed by atoms with E-state index in [2.05, 4.69) is 36.4 Å². The molecule has 2 aromatic rings. The van der Waals surface area contributed by atoms with Gasteiger partial charge in [-0.2, -0.15) is 0 Å². The molecule has 2 rings (SSSR count). The highest BCUT2D eigenvalue weighted by molar-refractivity contribution is 14.1. The number of carbonyl (C=O) groups is 1. The van der Waals surface area contributed by atoms with Crippen LogP contribution in [0.3, 0.4) is 0 Å². The fourth-order valence-corrected chi connectivity index (χ4v) is 2.87. The number of rotatable bonds is 8. The number of ketones is 1. The molecule has 0 amide bonds. The molecule has 0 aromatic heterocycles. The third-order valence-electron chi connectivity index (χ3n) is 3.76. The molecular formula is C20H23IO2. The van der Waals surface area contributed by atoms with Gasteiger partial charge in [0.2, 0.25) is 0 Å². The lowest BCUT2D eigenvalue weighted by molar-refractivity contribution is 0.103. The molecule has 0 bridgehead atoms. The Bertz CT molecular complexity index is 607. The fraction of sp³-hybridized carbons (Fsp3) is 0.350. The molecule has 0 spiro atoms. The van der Waals surface area contributed by atoms with E-state index in [1.54, 1.807) is 0 Å². The van der Waals surface area contributed by atoms with E-state index < -0.39 is 0 Å². The quantitative estimate of drug-likeness (QED) is 0.324. The number of carbonyl (C=O) groups excluding carboxylic acids is 1. The van der Waals surface area contributed by atoms with Gasteiger partial charge in [-0.15, -0.1) is 0 Å². The molecule has 2 atom stereocenters. The molecule has 2 unspecified atom stereocenters. The maximum absolute atomic E-state index is 12.3. The zero-order valence-corrected chi connectivity index (χ0v) is 15.8. The first-order valence-corrected chi connectivity index (χ1v) is 9.51. The third kappa shape index (κ3) is 5.65. The van der Waals surface area contributed by atoms with E-state index in [9.17, 15) is 4.79 Å². The van der Waals surface area contributed by atoms with E-state index in [1.165, 1.54) is 10.8 Å². The average Bonchev–Trinajstić information content (AvgIpc) is 2.60. The Morgan fingerprint density at radius 2 is 1.57 bits per heavy atom. The van der Waals surface area contributed by atoms with Gasteiger partial charge < -0.3 is 4.74 Å². The van der Waals surface area contributed by atoms with Gasteiger partial charge >= 0.3 is 0 Å². The van der Waals surface area contributed by atoms with Crippen molar-refractivity contribution in [3.63, 3.8) is 0 Å². The SMILES string of the molecule is CC(CI)CC(C)COc1ccc(C(=O)c2ccccc2)cc1. The summed E-state index contributed by atoms with van der Waals surface area (Å²) in [5.74, 6) is 2.12. The molecule has 2 nitrogen and oxygen atoms in total. The molecule has 0 heterocycles. The molecule has 23 heavy (non-hydrogen) atoms. The second kappa shape index (κ2) is 9.06. The minimum absolute atomic E-state index is 0.0430. The van der Waals surface area contributed by atoms with Crippen molar-refractivity contribution in [1.29, 1.82) is 0 Å². The Morgan fingerprint density at radius 1 is 0.957 bits per heavy atom. The highest BCUT2D eigenvalue weighted by atomic mass is 127. The van der Waals surface area contributed by atoms with Crippen LogP contribution in [0.4, 0.5) is 0 Å². The maximum Gasteiger partial charge on any atom is 0.193 e. The summed E-state index contributed by atoms with van der Waals surface area (Å²) in [5.41, 5.74) is 1.40. The van der Waals surface area contributed by atoms with Crippen molar-refractivity contribution in [3.05, 3.63) is 65.7 Å². The number of ether oxygens (including phenoxy) is 1. The summed E-state index contributed by atoms with van der Waals surface area (Å²) >= 11 is 2.43. The molecule has 0 fully saturated rings. The van der Waals surface area contributed by atoms with Crippen molar-refractivity contribution in [2.75, 3.05) is 11.0 Å². The van der Waals surface area contributed by atoms with E-state index >= 15 is 0 Å². The first kappa shape index (κ1) is 18.0. The van der Waals surface area contributed by atoms with Crippen LogP contribution in [0.1, 0.15) is 36.2 Å². The van der Waals surface area contributed by atoms with E-state index in [1.807, 2.05) is 54.6 Å². The summed E-state index contributed by atoms with van der Waals surface area (Å²) < 4.78 is 7.02. The van der Waals surface area contributed by atoms with Crippen LogP contribution >= 0.6 is 22.6 Å². The minimum atomic E-state index is 0.0430. The predicted molar refractivity (Wildman–Crippen MR) is 104 cm³/mol. The summed E-state index contributed by atoms with van der Waals surface area (Å²) in [5, 5.41) is 0. The first-order chi connectivity index (χ1) is 11.1. The molecule has 0 aliphatic heterocycles. The van der Waals surface area contributed by atoms with E-state index in [0.29, 0.717) is 23.7 Å². The van der Waals surface area contributed by atoms with Crippen molar-refractivity contribution in [3.8, 4) is 5.75 Å². The van der Waals surface area contributed by atoms with E-state index in [4.69, 9.17) is 4.74 Å². The van der Waals surface area contributed by atoms with Crippen LogP contribution in [0.15, 0.2) is 54.6 Å². The smallest absolute Gasteiger partial charge is 0.193 e. The minimum Gasteiger partial charge on any atom is -0.493 e. The Morgan fingerprint density at radius 3 is 2.17 bits per heavy atom. The monoisotopic (exact) mass is 422 g/mol. The highest BCUT2D eigenvalue weighted by Crippen LogP contribution is 2.18. The predicted octanol–water partition coefficient (Wildman–Crippen LogP) is 5.39. The molecule has 0 aliphatic carbocycles. The van der Waals surface area contributed by atoms with E-state index in [-0.39, 0.29) is 5.78 Å². The van der Waals surface area contributed by atoms with Crippen LogP contribution in [-0.4, -0.2) is 16.8 Å². The van der Waals surface area contributed by atoms with Gasteiger partial charge in [0, 0.05) is 15.6 Å². The zero-order valence-electron chi connectivity index (χ0n) is 13.7. The summed E-state index contributed by atoms with van der Waals surface area (Å²) in [4.78, 5) is 12.3. The van der Waals surface area contributed by atoms with Crippen LogP contribution in [0.5, 0.6) is 5.75 Å². The van der Waals surface area contributed by atoms with Crippen molar-refractivity contribution < 1.29 is 9.53 Å². The van der Waals surface area contributed by atoms with E-state index in [0.717, 1.165) is 11.7 Å². The normalized spacial score (nSPS) is 13.3. The van der Waals surface area contributed by atoms with Crippen molar-refractivity contribution >= 4 is 28.4 Å². The van der Waals surface area contributed by atoms with Crippen LogP contribution in [0, 0.1) is 11.8 Å². The van der Waals surface area contributed by atoms with Gasteiger partial charge in [0.05, 0.1) is 6.61 Å². The second-order valence-electron chi connectivity index (χ2n) is 6.13. The fourth-order valence-electron chi connectivity index (χ4n) is 2.52. The van der Waals surface area contributed by atoms with Gasteiger partial charge in [-0.25, -0.2) is 0 Å². The maximum atomic E-state index is 12.3. The molecule has 0 aliphatic rings. The Labute approximate surface area is 152 Å². The Hall–Kier alpha value is -1.36. The number of hydrogen-bond donors (Lipinski definition) is 0. The Balaban J connectivity index is 1.91. The molecule has 0 saturated carbocycles.